The third kappa shape index (κ3) is 2.99. The first-order valence-electron chi connectivity index (χ1n) is 6.55. The van der Waals surface area contributed by atoms with E-state index in [1.165, 1.54) is 0 Å². The van der Waals surface area contributed by atoms with Gasteiger partial charge in [0.05, 0.1) is 13.2 Å². The summed E-state index contributed by atoms with van der Waals surface area (Å²) in [6, 6.07) is 13.2. The monoisotopic (exact) mass is 270 g/mol. The summed E-state index contributed by atoms with van der Waals surface area (Å²) >= 11 is 0. The number of aldehydes is 1. The molecule has 0 saturated carbocycles. The summed E-state index contributed by atoms with van der Waals surface area (Å²) in [7, 11) is 1.58. The summed E-state index contributed by atoms with van der Waals surface area (Å²) < 4.78 is 11.0. The Hall–Kier alpha value is -2.29. The van der Waals surface area contributed by atoms with Crippen LogP contribution in [0.2, 0.25) is 0 Å². The van der Waals surface area contributed by atoms with E-state index in [4.69, 9.17) is 9.47 Å². The molecule has 20 heavy (non-hydrogen) atoms. The van der Waals surface area contributed by atoms with Crippen molar-refractivity contribution in [2.75, 3.05) is 7.11 Å². The van der Waals surface area contributed by atoms with Crippen LogP contribution in [0.3, 0.4) is 0 Å². The Morgan fingerprint density at radius 3 is 2.45 bits per heavy atom. The minimum Gasteiger partial charge on any atom is -0.497 e. The number of benzene rings is 2. The molecule has 3 nitrogen and oxygen atoms in total. The summed E-state index contributed by atoms with van der Waals surface area (Å²) in [4.78, 5) is 11.3. The maximum atomic E-state index is 11.3. The lowest BCUT2D eigenvalue weighted by molar-refractivity contribution is 0.112. The van der Waals surface area contributed by atoms with E-state index in [9.17, 15) is 4.79 Å². The molecule has 0 aliphatic rings. The van der Waals surface area contributed by atoms with Gasteiger partial charge in [-0.1, -0.05) is 18.2 Å². The van der Waals surface area contributed by atoms with Gasteiger partial charge in [0.25, 0.3) is 0 Å². The smallest absolute Gasteiger partial charge is 0.150 e. The Balaban J connectivity index is 2.53. The lowest BCUT2D eigenvalue weighted by atomic mass is 9.99. The van der Waals surface area contributed by atoms with Crippen LogP contribution in [-0.4, -0.2) is 19.5 Å². The largest absolute Gasteiger partial charge is 0.497 e. The average molecular weight is 270 g/mol. The summed E-state index contributed by atoms with van der Waals surface area (Å²) in [5.41, 5.74) is 2.34. The third-order valence-electron chi connectivity index (χ3n) is 2.93. The highest BCUT2D eigenvalue weighted by molar-refractivity contribution is 5.90. The summed E-state index contributed by atoms with van der Waals surface area (Å²) in [5.74, 6) is 1.44. The zero-order valence-electron chi connectivity index (χ0n) is 11.9. The van der Waals surface area contributed by atoms with Crippen LogP contribution in [0.5, 0.6) is 11.5 Å². The molecule has 2 aromatic carbocycles. The first-order valence-corrected chi connectivity index (χ1v) is 6.55. The van der Waals surface area contributed by atoms with E-state index in [2.05, 4.69) is 0 Å². The van der Waals surface area contributed by atoms with Crippen LogP contribution in [0.4, 0.5) is 0 Å². The molecule has 0 radical (unpaired) electrons. The molecule has 0 aliphatic heterocycles. The van der Waals surface area contributed by atoms with Crippen molar-refractivity contribution < 1.29 is 14.3 Å². The quantitative estimate of drug-likeness (QED) is 0.771. The van der Waals surface area contributed by atoms with Gasteiger partial charge in [-0.25, -0.2) is 0 Å². The second-order valence-corrected chi connectivity index (χ2v) is 4.73. The van der Waals surface area contributed by atoms with Crippen LogP contribution in [0.25, 0.3) is 11.1 Å². The van der Waals surface area contributed by atoms with Crippen molar-refractivity contribution in [3.63, 3.8) is 0 Å². The number of hydrogen-bond acceptors (Lipinski definition) is 3. The zero-order valence-corrected chi connectivity index (χ0v) is 11.9. The van der Waals surface area contributed by atoms with Gasteiger partial charge < -0.3 is 9.47 Å². The van der Waals surface area contributed by atoms with Crippen LogP contribution >= 0.6 is 0 Å². The van der Waals surface area contributed by atoms with Crippen LogP contribution in [0.1, 0.15) is 24.2 Å². The van der Waals surface area contributed by atoms with E-state index in [0.29, 0.717) is 11.3 Å². The van der Waals surface area contributed by atoms with Gasteiger partial charge in [0.2, 0.25) is 0 Å². The molecular weight excluding hydrogens is 252 g/mol. The molecule has 2 aromatic rings. The van der Waals surface area contributed by atoms with Crippen molar-refractivity contribution in [3.8, 4) is 22.6 Å². The normalized spacial score (nSPS) is 10.4. The fourth-order valence-corrected chi connectivity index (χ4v) is 2.06. The molecule has 0 fully saturated rings. The first-order chi connectivity index (χ1) is 9.65. The predicted molar refractivity (Wildman–Crippen MR) is 79.6 cm³/mol. The topological polar surface area (TPSA) is 35.5 Å². The molecule has 0 aromatic heterocycles. The molecule has 0 atom stereocenters. The predicted octanol–water partition coefficient (Wildman–Crippen LogP) is 3.96. The Morgan fingerprint density at radius 1 is 1.05 bits per heavy atom. The molecule has 0 aliphatic carbocycles. The van der Waals surface area contributed by atoms with E-state index >= 15 is 0 Å². The molecular formula is C17H18O3. The zero-order chi connectivity index (χ0) is 14.5. The molecule has 3 heteroatoms. The summed E-state index contributed by atoms with van der Waals surface area (Å²) in [5, 5.41) is 0. The van der Waals surface area contributed by atoms with Crippen LogP contribution < -0.4 is 9.47 Å². The van der Waals surface area contributed by atoms with E-state index < -0.39 is 0 Å². The number of carbonyl (C=O) groups is 1. The standard InChI is InChI=1S/C17H18O3/c1-12(2)20-17-7-5-4-6-16(17)15-9-8-14(19-3)10-13(15)11-18/h4-12H,1-3H3. The van der Waals surface area contributed by atoms with E-state index in [1.807, 2.05) is 50.2 Å². The first kappa shape index (κ1) is 14.1. The highest BCUT2D eigenvalue weighted by atomic mass is 16.5. The highest BCUT2D eigenvalue weighted by Crippen LogP contribution is 2.33. The summed E-state index contributed by atoms with van der Waals surface area (Å²) in [6.45, 7) is 3.96. The van der Waals surface area contributed by atoms with Gasteiger partial charge in [0, 0.05) is 11.1 Å². The van der Waals surface area contributed by atoms with E-state index in [0.717, 1.165) is 23.2 Å². The molecule has 0 saturated heterocycles. The van der Waals surface area contributed by atoms with Gasteiger partial charge in [0.1, 0.15) is 11.5 Å². The Bertz CT molecular complexity index is 603. The van der Waals surface area contributed by atoms with Gasteiger partial charge in [-0.2, -0.15) is 0 Å². The SMILES string of the molecule is COc1ccc(-c2ccccc2OC(C)C)c(C=O)c1. The third-order valence-corrected chi connectivity index (χ3v) is 2.93. The lowest BCUT2D eigenvalue weighted by Crippen LogP contribution is -2.06. The van der Waals surface area contributed by atoms with Crippen LogP contribution in [-0.2, 0) is 0 Å². The van der Waals surface area contributed by atoms with Gasteiger partial charge >= 0.3 is 0 Å². The lowest BCUT2D eigenvalue weighted by Gasteiger charge is -2.15. The molecule has 0 heterocycles. The van der Waals surface area contributed by atoms with Crippen LogP contribution in [0, 0.1) is 0 Å². The van der Waals surface area contributed by atoms with Crippen molar-refractivity contribution in [3.05, 3.63) is 48.0 Å². The molecule has 0 amide bonds. The van der Waals surface area contributed by atoms with E-state index in [-0.39, 0.29) is 6.10 Å². The fourth-order valence-electron chi connectivity index (χ4n) is 2.06. The maximum absolute atomic E-state index is 11.3. The average Bonchev–Trinajstić information content (AvgIpc) is 2.46. The Kier molecular flexibility index (Phi) is 4.41. The maximum Gasteiger partial charge on any atom is 0.150 e. The van der Waals surface area contributed by atoms with Gasteiger partial charge in [-0.15, -0.1) is 0 Å². The van der Waals surface area contributed by atoms with Gasteiger partial charge in [-0.3, -0.25) is 4.79 Å². The number of para-hydroxylation sites is 1. The molecule has 0 N–H and O–H groups in total. The van der Waals surface area contributed by atoms with Gasteiger partial charge in [0.15, 0.2) is 6.29 Å². The number of carbonyl (C=O) groups excluding carboxylic acids is 1. The Morgan fingerprint density at radius 2 is 1.80 bits per heavy atom. The number of ether oxygens (including phenoxy) is 2. The van der Waals surface area contributed by atoms with Crippen molar-refractivity contribution in [1.82, 2.24) is 0 Å². The van der Waals surface area contributed by atoms with Crippen molar-refractivity contribution >= 4 is 6.29 Å². The minimum atomic E-state index is 0.0779. The second-order valence-electron chi connectivity index (χ2n) is 4.73. The van der Waals surface area contributed by atoms with E-state index in [1.54, 1.807) is 13.2 Å². The fraction of sp³-hybridized carbons (Fsp3) is 0.235. The van der Waals surface area contributed by atoms with Crippen LogP contribution in [0.15, 0.2) is 42.5 Å². The molecule has 0 unspecified atom stereocenters. The molecule has 0 spiro atoms. The highest BCUT2D eigenvalue weighted by Gasteiger charge is 2.12. The molecule has 104 valence electrons. The van der Waals surface area contributed by atoms with Gasteiger partial charge in [-0.05, 0) is 43.7 Å². The number of hydrogen-bond donors (Lipinski definition) is 0. The van der Waals surface area contributed by atoms with Crippen molar-refractivity contribution in [2.24, 2.45) is 0 Å². The van der Waals surface area contributed by atoms with Crippen molar-refractivity contribution in [1.29, 1.82) is 0 Å². The Labute approximate surface area is 119 Å². The second kappa shape index (κ2) is 6.24. The van der Waals surface area contributed by atoms with Crippen molar-refractivity contribution in [2.45, 2.75) is 20.0 Å². The molecule has 0 bridgehead atoms. The summed E-state index contributed by atoms with van der Waals surface area (Å²) in [6.07, 6.45) is 0.915. The molecule has 2 rings (SSSR count). The number of rotatable bonds is 5. The number of methoxy groups -OCH3 is 1. The minimum absolute atomic E-state index is 0.0779.